The van der Waals surface area contributed by atoms with Crippen molar-refractivity contribution in [2.45, 2.75) is 31.0 Å². The summed E-state index contributed by atoms with van der Waals surface area (Å²) in [7, 11) is 0. The van der Waals surface area contributed by atoms with E-state index < -0.39 is 0 Å². The first-order valence-electron chi connectivity index (χ1n) is 7.19. The number of carbonyl (C=O) groups is 1. The predicted octanol–water partition coefficient (Wildman–Crippen LogP) is 3.49. The minimum absolute atomic E-state index is 0.126. The lowest BCUT2D eigenvalue weighted by Crippen LogP contribution is -2.34. The van der Waals surface area contributed by atoms with E-state index in [2.05, 4.69) is 10.2 Å². The first kappa shape index (κ1) is 15.4. The van der Waals surface area contributed by atoms with E-state index in [-0.39, 0.29) is 5.91 Å². The molecule has 1 aliphatic carbocycles. The quantitative estimate of drug-likeness (QED) is 0.755. The van der Waals surface area contributed by atoms with Crippen LogP contribution in [0.3, 0.4) is 0 Å². The third-order valence-corrected chi connectivity index (χ3v) is 4.52. The molecule has 3 rings (SSSR count). The Hall–Kier alpha value is -1.53. The number of rotatable bonds is 6. The van der Waals surface area contributed by atoms with E-state index in [0.29, 0.717) is 27.9 Å². The zero-order chi connectivity index (χ0) is 15.5. The van der Waals surface area contributed by atoms with Crippen LogP contribution in [-0.4, -0.2) is 39.3 Å². The Balaban J connectivity index is 1.59. The fourth-order valence-electron chi connectivity index (χ4n) is 2.21. The number of aromatic nitrogens is 2. The van der Waals surface area contributed by atoms with Crippen LogP contribution < -0.4 is 0 Å². The smallest absolute Gasteiger partial charge is 0.277 e. The highest BCUT2D eigenvalue weighted by Gasteiger charge is 2.31. The van der Waals surface area contributed by atoms with Crippen LogP contribution in [0.1, 0.15) is 19.8 Å². The lowest BCUT2D eigenvalue weighted by atomic mass is 10.2. The normalized spacial score (nSPS) is 14.1. The van der Waals surface area contributed by atoms with E-state index in [1.165, 1.54) is 11.8 Å². The van der Waals surface area contributed by atoms with Gasteiger partial charge in [0.05, 0.1) is 5.75 Å². The average molecular weight is 338 g/mol. The first-order chi connectivity index (χ1) is 10.7. The van der Waals surface area contributed by atoms with Crippen molar-refractivity contribution < 1.29 is 9.21 Å². The second kappa shape index (κ2) is 6.71. The SMILES string of the molecule is CCN(C(=O)CSc1nnc(-c2ccc(Cl)cc2)o1)C1CC1. The van der Waals surface area contributed by atoms with Crippen molar-refractivity contribution in [3.63, 3.8) is 0 Å². The van der Waals surface area contributed by atoms with E-state index in [4.69, 9.17) is 16.0 Å². The highest BCUT2D eigenvalue weighted by atomic mass is 35.5. The molecule has 0 spiro atoms. The Morgan fingerprint density at radius 1 is 1.36 bits per heavy atom. The van der Waals surface area contributed by atoms with Crippen LogP contribution >= 0.6 is 23.4 Å². The second-order valence-corrected chi connectivity index (χ2v) is 6.44. The Morgan fingerprint density at radius 3 is 2.73 bits per heavy atom. The summed E-state index contributed by atoms with van der Waals surface area (Å²) in [6.45, 7) is 2.76. The number of benzene rings is 1. The monoisotopic (exact) mass is 337 g/mol. The largest absolute Gasteiger partial charge is 0.411 e. The number of amides is 1. The van der Waals surface area contributed by atoms with Gasteiger partial charge in [0.2, 0.25) is 11.8 Å². The van der Waals surface area contributed by atoms with Crippen LogP contribution in [0.2, 0.25) is 5.02 Å². The van der Waals surface area contributed by atoms with Crippen LogP contribution in [0.4, 0.5) is 0 Å². The molecule has 1 amide bonds. The zero-order valence-corrected chi connectivity index (χ0v) is 13.7. The maximum Gasteiger partial charge on any atom is 0.277 e. The highest BCUT2D eigenvalue weighted by molar-refractivity contribution is 7.99. The fraction of sp³-hybridized carbons (Fsp3) is 0.400. The lowest BCUT2D eigenvalue weighted by Gasteiger charge is -2.19. The van der Waals surface area contributed by atoms with Crippen LogP contribution in [0.15, 0.2) is 33.9 Å². The standard InChI is InChI=1S/C15H16ClN3O2S/c1-2-19(12-7-8-12)13(20)9-22-15-18-17-14(21-15)10-3-5-11(16)6-4-10/h3-6,12H,2,7-9H2,1H3. The van der Waals surface area contributed by atoms with E-state index in [9.17, 15) is 4.79 Å². The van der Waals surface area contributed by atoms with Crippen molar-refractivity contribution in [2.75, 3.05) is 12.3 Å². The summed E-state index contributed by atoms with van der Waals surface area (Å²) in [5.74, 6) is 0.884. The number of nitrogens with zero attached hydrogens (tertiary/aromatic N) is 3. The maximum absolute atomic E-state index is 12.1. The van der Waals surface area contributed by atoms with E-state index >= 15 is 0 Å². The van der Waals surface area contributed by atoms with Gasteiger partial charge in [-0.15, -0.1) is 10.2 Å². The Labute approximate surface area is 138 Å². The summed E-state index contributed by atoms with van der Waals surface area (Å²) < 4.78 is 5.58. The predicted molar refractivity (Wildman–Crippen MR) is 85.9 cm³/mol. The molecule has 1 aromatic heterocycles. The van der Waals surface area contributed by atoms with Gasteiger partial charge in [-0.1, -0.05) is 23.4 Å². The molecule has 0 bridgehead atoms. The Bertz CT molecular complexity index is 655. The van der Waals surface area contributed by atoms with E-state index in [1.54, 1.807) is 12.1 Å². The van der Waals surface area contributed by atoms with Crippen LogP contribution in [-0.2, 0) is 4.79 Å². The van der Waals surface area contributed by atoms with Gasteiger partial charge in [-0.25, -0.2) is 0 Å². The average Bonchev–Trinajstić information content (AvgIpc) is 3.24. The fourth-order valence-corrected chi connectivity index (χ4v) is 2.98. The van der Waals surface area contributed by atoms with Gasteiger partial charge in [0, 0.05) is 23.2 Å². The summed E-state index contributed by atoms with van der Waals surface area (Å²) in [6, 6.07) is 7.62. The first-order valence-corrected chi connectivity index (χ1v) is 8.55. The molecule has 0 aliphatic heterocycles. The Kier molecular flexibility index (Phi) is 4.69. The van der Waals surface area contributed by atoms with Crippen molar-refractivity contribution in [1.29, 1.82) is 0 Å². The molecule has 1 saturated carbocycles. The second-order valence-electron chi connectivity index (χ2n) is 5.08. The molecule has 0 N–H and O–H groups in total. The van der Waals surface area contributed by atoms with Gasteiger partial charge < -0.3 is 9.32 Å². The summed E-state index contributed by atoms with van der Waals surface area (Å²) in [6.07, 6.45) is 2.23. The van der Waals surface area contributed by atoms with Crippen LogP contribution in [0.5, 0.6) is 0 Å². The molecule has 1 aliphatic rings. The lowest BCUT2D eigenvalue weighted by molar-refractivity contribution is -0.128. The third-order valence-electron chi connectivity index (χ3n) is 3.47. The van der Waals surface area contributed by atoms with Crippen molar-refractivity contribution in [3.05, 3.63) is 29.3 Å². The molecule has 0 atom stereocenters. The molecular weight excluding hydrogens is 322 g/mol. The molecule has 7 heteroatoms. The van der Waals surface area contributed by atoms with Gasteiger partial charge in [0.25, 0.3) is 5.22 Å². The van der Waals surface area contributed by atoms with Gasteiger partial charge in [0.15, 0.2) is 0 Å². The van der Waals surface area contributed by atoms with Crippen molar-refractivity contribution in [1.82, 2.24) is 15.1 Å². The molecule has 2 aromatic rings. The maximum atomic E-state index is 12.1. The highest BCUT2D eigenvalue weighted by Crippen LogP contribution is 2.28. The molecule has 0 saturated heterocycles. The minimum atomic E-state index is 0.126. The Morgan fingerprint density at radius 2 is 2.09 bits per heavy atom. The molecular formula is C15H16ClN3O2S. The summed E-state index contributed by atoms with van der Waals surface area (Å²) in [5, 5.41) is 9.04. The summed E-state index contributed by atoms with van der Waals surface area (Å²) in [4.78, 5) is 14.1. The number of hydrogen-bond donors (Lipinski definition) is 0. The van der Waals surface area contributed by atoms with Crippen molar-refractivity contribution >= 4 is 29.3 Å². The van der Waals surface area contributed by atoms with E-state index in [1.807, 2.05) is 24.0 Å². The number of thioether (sulfide) groups is 1. The summed E-state index contributed by atoms with van der Waals surface area (Å²) >= 11 is 7.13. The van der Waals surface area contributed by atoms with Gasteiger partial charge in [0.1, 0.15) is 0 Å². The number of hydrogen-bond acceptors (Lipinski definition) is 5. The summed E-state index contributed by atoms with van der Waals surface area (Å²) in [5.41, 5.74) is 0.809. The molecule has 5 nitrogen and oxygen atoms in total. The van der Waals surface area contributed by atoms with Crippen LogP contribution in [0, 0.1) is 0 Å². The third kappa shape index (κ3) is 3.62. The number of halogens is 1. The van der Waals surface area contributed by atoms with Crippen LogP contribution in [0.25, 0.3) is 11.5 Å². The van der Waals surface area contributed by atoms with Gasteiger partial charge in [-0.05, 0) is 44.0 Å². The molecule has 1 heterocycles. The van der Waals surface area contributed by atoms with Crippen molar-refractivity contribution in [2.24, 2.45) is 0 Å². The van der Waals surface area contributed by atoms with Gasteiger partial charge in [-0.2, -0.15) is 0 Å². The molecule has 1 aromatic carbocycles. The molecule has 22 heavy (non-hydrogen) atoms. The van der Waals surface area contributed by atoms with Gasteiger partial charge >= 0.3 is 0 Å². The molecule has 1 fully saturated rings. The topological polar surface area (TPSA) is 59.2 Å². The minimum Gasteiger partial charge on any atom is -0.411 e. The number of carbonyl (C=O) groups excluding carboxylic acids is 1. The van der Waals surface area contributed by atoms with E-state index in [0.717, 1.165) is 24.9 Å². The van der Waals surface area contributed by atoms with Gasteiger partial charge in [-0.3, -0.25) is 4.79 Å². The molecule has 0 unspecified atom stereocenters. The molecule has 116 valence electrons. The zero-order valence-electron chi connectivity index (χ0n) is 12.2. The van der Waals surface area contributed by atoms with Crippen molar-refractivity contribution in [3.8, 4) is 11.5 Å². The molecule has 0 radical (unpaired) electrons.